The summed E-state index contributed by atoms with van der Waals surface area (Å²) in [5.41, 5.74) is 5.42. The van der Waals surface area contributed by atoms with Crippen LogP contribution in [0.25, 0.3) is 0 Å². The quantitative estimate of drug-likeness (QED) is 0.516. The van der Waals surface area contributed by atoms with Crippen LogP contribution in [0.2, 0.25) is 0 Å². The number of hydrogen-bond donors (Lipinski definition) is 2. The molecule has 5 heteroatoms. The van der Waals surface area contributed by atoms with Crippen LogP contribution < -0.4 is 10.6 Å². The second kappa shape index (κ2) is 11.1. The number of pyridine rings is 1. The second-order valence-electron chi connectivity index (χ2n) is 8.95. The van der Waals surface area contributed by atoms with Gasteiger partial charge in [-0.2, -0.15) is 0 Å². The Morgan fingerprint density at radius 2 is 1.67 bits per heavy atom. The summed E-state index contributed by atoms with van der Waals surface area (Å²) in [6, 6.07) is 25.7. The number of nitrogens with zero attached hydrogens (tertiary/aromatic N) is 2. The average Bonchev–Trinajstić information content (AvgIpc) is 3.28. The van der Waals surface area contributed by atoms with Gasteiger partial charge in [-0.15, -0.1) is 0 Å². The van der Waals surface area contributed by atoms with Crippen LogP contribution in [0.4, 0.5) is 10.5 Å². The van der Waals surface area contributed by atoms with Gasteiger partial charge in [0.2, 0.25) is 0 Å². The molecule has 0 unspecified atom stereocenters. The highest BCUT2D eigenvalue weighted by Crippen LogP contribution is 2.20. The number of hydrogen-bond acceptors (Lipinski definition) is 3. The Morgan fingerprint density at radius 1 is 1.03 bits per heavy atom. The molecule has 172 valence electrons. The number of rotatable bonds is 8. The van der Waals surface area contributed by atoms with Gasteiger partial charge >= 0.3 is 6.03 Å². The van der Waals surface area contributed by atoms with Gasteiger partial charge < -0.3 is 10.6 Å². The number of nitrogens with one attached hydrogen (secondary N) is 2. The summed E-state index contributed by atoms with van der Waals surface area (Å²) in [6.45, 7) is 5.88. The number of benzene rings is 2. The molecule has 2 amide bonds. The molecule has 1 aromatic heterocycles. The molecule has 1 aliphatic heterocycles. The molecule has 2 aromatic carbocycles. The zero-order valence-electron chi connectivity index (χ0n) is 19.6. The van der Waals surface area contributed by atoms with Crippen molar-refractivity contribution in [1.82, 2.24) is 15.2 Å². The van der Waals surface area contributed by atoms with Crippen molar-refractivity contribution in [1.29, 1.82) is 0 Å². The number of anilines is 1. The molecule has 4 rings (SSSR count). The Bertz CT molecular complexity index is 997. The molecular formula is C28H34N4O. The number of carbonyl (C=O) groups is 1. The highest BCUT2D eigenvalue weighted by Gasteiger charge is 2.29. The summed E-state index contributed by atoms with van der Waals surface area (Å²) in [7, 11) is 0. The van der Waals surface area contributed by atoms with Crippen molar-refractivity contribution in [3.63, 3.8) is 0 Å². The van der Waals surface area contributed by atoms with Gasteiger partial charge in [0.1, 0.15) is 0 Å². The molecule has 33 heavy (non-hydrogen) atoms. The lowest BCUT2D eigenvalue weighted by atomic mass is 9.98. The van der Waals surface area contributed by atoms with E-state index in [9.17, 15) is 4.79 Å². The highest BCUT2D eigenvalue weighted by molar-refractivity contribution is 5.89. The Morgan fingerprint density at radius 3 is 2.27 bits per heavy atom. The Labute approximate surface area is 197 Å². The van der Waals surface area contributed by atoms with E-state index in [0.29, 0.717) is 6.04 Å². The summed E-state index contributed by atoms with van der Waals surface area (Å²) < 4.78 is 0. The lowest BCUT2D eigenvalue weighted by Gasteiger charge is -2.28. The average molecular weight is 443 g/mol. The van der Waals surface area contributed by atoms with Crippen LogP contribution >= 0.6 is 0 Å². The first-order chi connectivity index (χ1) is 16.1. The number of urea groups is 1. The van der Waals surface area contributed by atoms with Gasteiger partial charge in [0.15, 0.2) is 0 Å². The van der Waals surface area contributed by atoms with E-state index < -0.39 is 0 Å². The third-order valence-corrected chi connectivity index (χ3v) is 6.33. The third-order valence-electron chi connectivity index (χ3n) is 6.33. The van der Waals surface area contributed by atoms with Crippen LogP contribution in [0.1, 0.15) is 35.9 Å². The maximum atomic E-state index is 12.7. The van der Waals surface area contributed by atoms with Crippen molar-refractivity contribution < 1.29 is 4.79 Å². The van der Waals surface area contributed by atoms with Crippen molar-refractivity contribution in [2.24, 2.45) is 0 Å². The number of likely N-dealkylation sites (tertiary alicyclic amines) is 1. The van der Waals surface area contributed by atoms with Crippen molar-refractivity contribution in [2.45, 2.75) is 51.6 Å². The molecule has 0 saturated carbocycles. The number of carbonyl (C=O) groups excluding carboxylic acids is 1. The normalized spacial score (nSPS) is 16.2. The first-order valence-electron chi connectivity index (χ1n) is 12.0. The first-order valence-corrected chi connectivity index (χ1v) is 12.0. The molecule has 1 aliphatic rings. The van der Waals surface area contributed by atoms with Gasteiger partial charge in [0.25, 0.3) is 0 Å². The van der Waals surface area contributed by atoms with E-state index in [1.54, 1.807) is 0 Å². The fraction of sp³-hybridized carbons (Fsp3) is 0.357. The largest absolute Gasteiger partial charge is 0.334 e. The molecule has 1 atom stereocenters. The summed E-state index contributed by atoms with van der Waals surface area (Å²) in [6.07, 6.45) is 3.82. The van der Waals surface area contributed by atoms with E-state index in [-0.39, 0.29) is 12.1 Å². The van der Waals surface area contributed by atoms with Crippen LogP contribution in [-0.2, 0) is 19.3 Å². The summed E-state index contributed by atoms with van der Waals surface area (Å²) >= 11 is 0. The lowest BCUT2D eigenvalue weighted by Crippen LogP contribution is -2.42. The van der Waals surface area contributed by atoms with E-state index in [4.69, 9.17) is 0 Å². The van der Waals surface area contributed by atoms with E-state index in [1.165, 1.54) is 11.1 Å². The summed E-state index contributed by atoms with van der Waals surface area (Å²) in [5, 5.41) is 6.18. The minimum atomic E-state index is -0.142. The van der Waals surface area contributed by atoms with E-state index in [0.717, 1.165) is 55.8 Å². The fourth-order valence-electron chi connectivity index (χ4n) is 4.68. The molecule has 2 heterocycles. The van der Waals surface area contributed by atoms with E-state index >= 15 is 0 Å². The van der Waals surface area contributed by atoms with Gasteiger partial charge in [0, 0.05) is 42.2 Å². The monoisotopic (exact) mass is 442 g/mol. The van der Waals surface area contributed by atoms with Crippen LogP contribution in [0.15, 0.2) is 72.8 Å². The molecule has 1 fully saturated rings. The molecule has 5 nitrogen and oxygen atoms in total. The number of amides is 2. The second-order valence-corrected chi connectivity index (χ2v) is 8.95. The Kier molecular flexibility index (Phi) is 7.74. The van der Waals surface area contributed by atoms with Crippen molar-refractivity contribution >= 4 is 11.7 Å². The molecule has 0 radical (unpaired) electrons. The first kappa shape index (κ1) is 23.0. The molecule has 3 aromatic rings. The van der Waals surface area contributed by atoms with Crippen LogP contribution in [0.5, 0.6) is 0 Å². The molecule has 2 N–H and O–H groups in total. The molecule has 0 aliphatic carbocycles. The van der Waals surface area contributed by atoms with Gasteiger partial charge in [-0.1, -0.05) is 67.6 Å². The fourth-order valence-corrected chi connectivity index (χ4v) is 4.68. The van der Waals surface area contributed by atoms with Crippen molar-refractivity contribution in [3.05, 3.63) is 95.3 Å². The zero-order chi connectivity index (χ0) is 23.0. The Balaban J connectivity index is 1.38. The maximum Gasteiger partial charge on any atom is 0.319 e. The van der Waals surface area contributed by atoms with Crippen LogP contribution in [0, 0.1) is 6.92 Å². The van der Waals surface area contributed by atoms with Crippen LogP contribution in [-0.4, -0.2) is 41.1 Å². The van der Waals surface area contributed by atoms with Crippen LogP contribution in [0.3, 0.4) is 0 Å². The summed E-state index contributed by atoms with van der Waals surface area (Å²) in [5.74, 6) is 0. The van der Waals surface area contributed by atoms with Gasteiger partial charge in [0.05, 0.1) is 0 Å². The third kappa shape index (κ3) is 6.65. The topological polar surface area (TPSA) is 57.3 Å². The van der Waals surface area contributed by atoms with Gasteiger partial charge in [-0.25, -0.2) is 4.79 Å². The van der Waals surface area contributed by atoms with E-state index in [2.05, 4.69) is 88.1 Å². The molecule has 0 spiro atoms. The predicted octanol–water partition coefficient (Wildman–Crippen LogP) is 5.00. The zero-order valence-corrected chi connectivity index (χ0v) is 19.6. The standard InChI is InChI=1S/C28H34N4O/c1-3-24-19-26(16-21(2)29-24)31-28(33)30-25-14-15-32(20-25)27(17-22-10-6-4-7-11-22)18-23-12-8-5-9-13-23/h4-13,16,19,25,27H,3,14-15,17-18,20H2,1-2H3,(H2,29,30,31,33)/t25-/m0/s1. The lowest BCUT2D eigenvalue weighted by molar-refractivity contribution is 0.229. The predicted molar refractivity (Wildman–Crippen MR) is 135 cm³/mol. The van der Waals surface area contributed by atoms with E-state index in [1.807, 2.05) is 19.1 Å². The minimum absolute atomic E-state index is 0.142. The van der Waals surface area contributed by atoms with Crippen molar-refractivity contribution in [2.75, 3.05) is 18.4 Å². The maximum absolute atomic E-state index is 12.7. The molecule has 0 bridgehead atoms. The Hall–Kier alpha value is -3.18. The van der Waals surface area contributed by atoms with Gasteiger partial charge in [-0.3, -0.25) is 9.88 Å². The SMILES string of the molecule is CCc1cc(NC(=O)N[C@H]2CCN(C(Cc3ccccc3)Cc3ccccc3)C2)cc(C)n1. The highest BCUT2D eigenvalue weighted by atomic mass is 16.2. The number of aryl methyl sites for hydroxylation is 2. The molecular weight excluding hydrogens is 408 g/mol. The molecule has 1 saturated heterocycles. The summed E-state index contributed by atoms with van der Waals surface area (Å²) in [4.78, 5) is 19.7. The number of aromatic nitrogens is 1. The minimum Gasteiger partial charge on any atom is -0.334 e. The van der Waals surface area contributed by atoms with Gasteiger partial charge in [-0.05, 0) is 55.9 Å². The smallest absolute Gasteiger partial charge is 0.319 e. The van der Waals surface area contributed by atoms with Crippen molar-refractivity contribution in [3.8, 4) is 0 Å².